The summed E-state index contributed by atoms with van der Waals surface area (Å²) in [6, 6.07) is 13.1. The third-order valence-electron chi connectivity index (χ3n) is 4.01. The van der Waals surface area contributed by atoms with Crippen LogP contribution in [0.4, 0.5) is 0 Å². The van der Waals surface area contributed by atoms with E-state index in [1.807, 2.05) is 44.2 Å². The van der Waals surface area contributed by atoms with Gasteiger partial charge in [-0.15, -0.1) is 0 Å². The number of hydrogen-bond donors (Lipinski definition) is 2. The number of nitrogens with zero attached hydrogens (tertiary/aromatic N) is 1. The molecule has 0 bridgehead atoms. The maximum atomic E-state index is 12.1. The van der Waals surface area contributed by atoms with Gasteiger partial charge in [0.05, 0.1) is 12.1 Å². The van der Waals surface area contributed by atoms with E-state index in [1.54, 1.807) is 12.1 Å². The molecule has 0 saturated heterocycles. The highest BCUT2D eigenvalue weighted by atomic mass is 16.5. The van der Waals surface area contributed by atoms with Crippen LogP contribution in [0.2, 0.25) is 0 Å². The van der Waals surface area contributed by atoms with E-state index in [0.717, 1.165) is 16.8 Å². The van der Waals surface area contributed by atoms with Gasteiger partial charge in [-0.1, -0.05) is 35.9 Å². The molecule has 2 N–H and O–H groups in total. The first-order valence-corrected chi connectivity index (χ1v) is 8.61. The van der Waals surface area contributed by atoms with Crippen molar-refractivity contribution in [2.75, 3.05) is 19.8 Å². The molecule has 1 heterocycles. The van der Waals surface area contributed by atoms with Crippen molar-refractivity contribution in [1.82, 2.24) is 15.5 Å². The molecule has 0 spiro atoms. The van der Waals surface area contributed by atoms with Gasteiger partial charge in [-0.3, -0.25) is 9.89 Å². The number of hydrogen-bond acceptors (Lipinski definition) is 5. The number of rotatable bonds is 7. The first-order valence-electron chi connectivity index (χ1n) is 8.61. The third kappa shape index (κ3) is 4.63. The Morgan fingerprint density at radius 2 is 1.96 bits per heavy atom. The minimum atomic E-state index is -0.644. The largest absolute Gasteiger partial charge is 0.491 e. The normalized spacial score (nSPS) is 10.6. The predicted octanol–water partition coefficient (Wildman–Crippen LogP) is 2.53. The molecule has 1 amide bonds. The van der Waals surface area contributed by atoms with E-state index in [0.29, 0.717) is 18.5 Å². The van der Waals surface area contributed by atoms with E-state index in [2.05, 4.69) is 15.5 Å². The molecule has 0 atom stereocenters. The zero-order chi connectivity index (χ0) is 19.2. The standard InChI is InChI=1S/C20H21N3O4/c1-13-7-8-17(14(2)11-13)26-10-9-21-18(24)12-27-20(25)19-15-5-3-4-6-16(15)22-23-19/h3-8,11H,9-10,12H2,1-2H3,(H,21,24)(H,22,23). The molecule has 0 radical (unpaired) electrons. The molecule has 0 aliphatic carbocycles. The highest BCUT2D eigenvalue weighted by molar-refractivity contribution is 6.02. The summed E-state index contributed by atoms with van der Waals surface area (Å²) < 4.78 is 10.7. The minimum absolute atomic E-state index is 0.163. The van der Waals surface area contributed by atoms with E-state index < -0.39 is 11.9 Å². The molecule has 2 aromatic carbocycles. The van der Waals surface area contributed by atoms with Gasteiger partial charge in [-0.2, -0.15) is 5.10 Å². The Bertz CT molecular complexity index is 965. The fourth-order valence-corrected chi connectivity index (χ4v) is 2.68. The van der Waals surface area contributed by atoms with Crippen LogP contribution >= 0.6 is 0 Å². The van der Waals surface area contributed by atoms with E-state index in [-0.39, 0.29) is 12.3 Å². The van der Waals surface area contributed by atoms with Gasteiger partial charge < -0.3 is 14.8 Å². The number of amides is 1. The molecule has 1 aromatic heterocycles. The molecule has 27 heavy (non-hydrogen) atoms. The smallest absolute Gasteiger partial charge is 0.359 e. The van der Waals surface area contributed by atoms with Crippen molar-refractivity contribution in [3.05, 3.63) is 59.3 Å². The lowest BCUT2D eigenvalue weighted by molar-refractivity contribution is -0.124. The summed E-state index contributed by atoms with van der Waals surface area (Å²) in [4.78, 5) is 23.9. The highest BCUT2D eigenvalue weighted by Crippen LogP contribution is 2.18. The van der Waals surface area contributed by atoms with Gasteiger partial charge in [-0.05, 0) is 31.5 Å². The number of carbonyl (C=O) groups excluding carboxylic acids is 2. The van der Waals surface area contributed by atoms with Crippen molar-refractivity contribution < 1.29 is 19.1 Å². The van der Waals surface area contributed by atoms with Crippen LogP contribution in [0.3, 0.4) is 0 Å². The number of nitrogens with one attached hydrogen (secondary N) is 2. The van der Waals surface area contributed by atoms with Crippen LogP contribution in [-0.4, -0.2) is 41.8 Å². The number of esters is 1. The quantitative estimate of drug-likeness (QED) is 0.494. The van der Waals surface area contributed by atoms with Crippen LogP contribution < -0.4 is 10.1 Å². The number of carbonyl (C=O) groups is 2. The number of H-pyrrole nitrogens is 1. The fourth-order valence-electron chi connectivity index (χ4n) is 2.68. The monoisotopic (exact) mass is 367 g/mol. The average molecular weight is 367 g/mol. The van der Waals surface area contributed by atoms with Crippen molar-refractivity contribution in [1.29, 1.82) is 0 Å². The van der Waals surface area contributed by atoms with Crippen molar-refractivity contribution in [2.24, 2.45) is 0 Å². The maximum absolute atomic E-state index is 12.1. The van der Waals surface area contributed by atoms with Crippen molar-refractivity contribution in [2.45, 2.75) is 13.8 Å². The minimum Gasteiger partial charge on any atom is -0.491 e. The number of fused-ring (bicyclic) bond motifs is 1. The van der Waals surface area contributed by atoms with Gasteiger partial charge in [0.15, 0.2) is 12.3 Å². The predicted molar refractivity (Wildman–Crippen MR) is 101 cm³/mol. The van der Waals surface area contributed by atoms with E-state index in [1.165, 1.54) is 5.56 Å². The number of aromatic nitrogens is 2. The molecule has 0 aliphatic heterocycles. The molecule has 7 nitrogen and oxygen atoms in total. The van der Waals surface area contributed by atoms with Gasteiger partial charge in [-0.25, -0.2) is 4.79 Å². The lowest BCUT2D eigenvalue weighted by Crippen LogP contribution is -2.32. The first kappa shape index (κ1) is 18.4. The Morgan fingerprint density at radius 3 is 2.78 bits per heavy atom. The Labute approximate surface area is 156 Å². The van der Waals surface area contributed by atoms with Crippen LogP contribution in [0, 0.1) is 13.8 Å². The summed E-state index contributed by atoms with van der Waals surface area (Å²) in [7, 11) is 0. The second-order valence-electron chi connectivity index (χ2n) is 6.16. The van der Waals surface area contributed by atoms with Crippen LogP contribution in [0.5, 0.6) is 5.75 Å². The number of aryl methyl sites for hydroxylation is 2. The number of para-hydroxylation sites is 1. The maximum Gasteiger partial charge on any atom is 0.359 e. The summed E-state index contributed by atoms with van der Waals surface area (Å²) >= 11 is 0. The molecule has 0 unspecified atom stereocenters. The molecular weight excluding hydrogens is 346 g/mol. The molecule has 3 aromatic rings. The number of benzene rings is 2. The number of ether oxygens (including phenoxy) is 2. The molecule has 0 saturated carbocycles. The molecule has 3 rings (SSSR count). The molecule has 0 fully saturated rings. The highest BCUT2D eigenvalue weighted by Gasteiger charge is 2.16. The van der Waals surface area contributed by atoms with Crippen LogP contribution in [0.1, 0.15) is 21.6 Å². The summed E-state index contributed by atoms with van der Waals surface area (Å²) in [5.74, 6) is -0.256. The van der Waals surface area contributed by atoms with E-state index in [4.69, 9.17) is 9.47 Å². The lowest BCUT2D eigenvalue weighted by Gasteiger charge is -2.10. The molecular formula is C20H21N3O4. The van der Waals surface area contributed by atoms with Crippen molar-refractivity contribution in [3.8, 4) is 5.75 Å². The van der Waals surface area contributed by atoms with Gasteiger partial charge in [0, 0.05) is 5.39 Å². The van der Waals surface area contributed by atoms with Gasteiger partial charge in [0.1, 0.15) is 12.4 Å². The third-order valence-corrected chi connectivity index (χ3v) is 4.01. The summed E-state index contributed by atoms with van der Waals surface area (Å²) in [6.07, 6.45) is 0. The van der Waals surface area contributed by atoms with Crippen LogP contribution in [0.15, 0.2) is 42.5 Å². The van der Waals surface area contributed by atoms with Crippen LogP contribution in [0.25, 0.3) is 10.9 Å². The van der Waals surface area contributed by atoms with E-state index in [9.17, 15) is 9.59 Å². The second-order valence-corrected chi connectivity index (χ2v) is 6.16. The van der Waals surface area contributed by atoms with Gasteiger partial charge in [0.25, 0.3) is 5.91 Å². The summed E-state index contributed by atoms with van der Waals surface area (Å²) in [6.45, 7) is 4.26. The van der Waals surface area contributed by atoms with E-state index >= 15 is 0 Å². The number of aromatic amines is 1. The van der Waals surface area contributed by atoms with Crippen LogP contribution in [-0.2, 0) is 9.53 Å². The average Bonchev–Trinajstić information content (AvgIpc) is 3.09. The summed E-state index contributed by atoms with van der Waals surface area (Å²) in [5.41, 5.74) is 3.11. The molecule has 7 heteroatoms. The first-order chi connectivity index (χ1) is 13.0. The zero-order valence-electron chi connectivity index (χ0n) is 15.2. The SMILES string of the molecule is Cc1ccc(OCCNC(=O)COC(=O)c2n[nH]c3ccccc23)c(C)c1. The van der Waals surface area contributed by atoms with Gasteiger partial charge >= 0.3 is 5.97 Å². The zero-order valence-corrected chi connectivity index (χ0v) is 15.2. The second kappa shape index (κ2) is 8.35. The lowest BCUT2D eigenvalue weighted by atomic mass is 10.1. The van der Waals surface area contributed by atoms with Crippen molar-refractivity contribution >= 4 is 22.8 Å². The van der Waals surface area contributed by atoms with Gasteiger partial charge in [0.2, 0.25) is 0 Å². The topological polar surface area (TPSA) is 93.3 Å². The molecule has 0 aliphatic rings. The Kier molecular flexibility index (Phi) is 5.71. The fraction of sp³-hybridized carbons (Fsp3) is 0.250. The molecule has 140 valence electrons. The summed E-state index contributed by atoms with van der Waals surface area (Å²) in [5, 5.41) is 10.0. The Morgan fingerprint density at radius 1 is 1.15 bits per heavy atom. The Hall–Kier alpha value is -3.35. The Balaban J connectivity index is 1.41. The van der Waals surface area contributed by atoms with Crippen molar-refractivity contribution in [3.63, 3.8) is 0 Å².